The molecule has 0 aromatic carbocycles. The standard InChI is InChI=1S/C9H17N3O/c1-6(2)9(13)5-12-7(3)8(10)4-11-12/h4,6,9,13H,5,10H2,1-3H3. The molecule has 4 nitrogen and oxygen atoms in total. The summed E-state index contributed by atoms with van der Waals surface area (Å²) in [6, 6.07) is 0. The van der Waals surface area contributed by atoms with Crippen LogP contribution in [0.4, 0.5) is 5.69 Å². The second kappa shape index (κ2) is 3.79. The molecule has 0 radical (unpaired) electrons. The fraction of sp³-hybridized carbons (Fsp3) is 0.667. The molecule has 0 amide bonds. The van der Waals surface area contributed by atoms with Gasteiger partial charge in [0.15, 0.2) is 0 Å². The van der Waals surface area contributed by atoms with Crippen LogP contribution in [0.2, 0.25) is 0 Å². The molecule has 0 bridgehead atoms. The van der Waals surface area contributed by atoms with Gasteiger partial charge in [0.25, 0.3) is 0 Å². The molecule has 0 aliphatic rings. The Hall–Kier alpha value is -1.03. The zero-order chi connectivity index (χ0) is 10.0. The molecule has 0 spiro atoms. The van der Waals surface area contributed by atoms with E-state index < -0.39 is 0 Å². The fourth-order valence-corrected chi connectivity index (χ4v) is 1.03. The maximum atomic E-state index is 9.61. The van der Waals surface area contributed by atoms with E-state index in [9.17, 15) is 5.11 Å². The summed E-state index contributed by atoms with van der Waals surface area (Å²) >= 11 is 0. The van der Waals surface area contributed by atoms with E-state index in [0.717, 1.165) is 5.69 Å². The minimum atomic E-state index is -0.363. The lowest BCUT2D eigenvalue weighted by Gasteiger charge is -2.15. The Balaban J connectivity index is 2.69. The van der Waals surface area contributed by atoms with Crippen LogP contribution in [0.5, 0.6) is 0 Å². The maximum absolute atomic E-state index is 9.61. The summed E-state index contributed by atoms with van der Waals surface area (Å²) in [4.78, 5) is 0. The second-order valence-corrected chi connectivity index (χ2v) is 3.68. The molecule has 4 heteroatoms. The van der Waals surface area contributed by atoms with Crippen molar-refractivity contribution in [2.45, 2.75) is 33.4 Å². The molecule has 1 aromatic rings. The van der Waals surface area contributed by atoms with E-state index in [0.29, 0.717) is 12.2 Å². The lowest BCUT2D eigenvalue weighted by Crippen LogP contribution is -2.23. The van der Waals surface area contributed by atoms with E-state index >= 15 is 0 Å². The van der Waals surface area contributed by atoms with Gasteiger partial charge in [0.05, 0.1) is 30.2 Å². The summed E-state index contributed by atoms with van der Waals surface area (Å²) in [5.74, 6) is 0.241. The summed E-state index contributed by atoms with van der Waals surface area (Å²) in [5, 5.41) is 13.7. The van der Waals surface area contributed by atoms with Crippen molar-refractivity contribution < 1.29 is 5.11 Å². The number of aliphatic hydroxyl groups is 1. The van der Waals surface area contributed by atoms with Crippen LogP contribution >= 0.6 is 0 Å². The molecule has 3 N–H and O–H groups in total. The van der Waals surface area contributed by atoms with Gasteiger partial charge < -0.3 is 10.8 Å². The van der Waals surface area contributed by atoms with Crippen LogP contribution < -0.4 is 5.73 Å². The largest absolute Gasteiger partial charge is 0.396 e. The van der Waals surface area contributed by atoms with E-state index in [4.69, 9.17) is 5.73 Å². The zero-order valence-corrected chi connectivity index (χ0v) is 8.36. The number of nitrogens with two attached hydrogens (primary N) is 1. The van der Waals surface area contributed by atoms with Gasteiger partial charge in [0.2, 0.25) is 0 Å². The van der Waals surface area contributed by atoms with Crippen LogP contribution in [0.3, 0.4) is 0 Å². The first-order chi connectivity index (χ1) is 6.02. The van der Waals surface area contributed by atoms with Crippen LogP contribution in [0, 0.1) is 12.8 Å². The van der Waals surface area contributed by atoms with Gasteiger partial charge in [-0.1, -0.05) is 13.8 Å². The van der Waals surface area contributed by atoms with Crippen LogP contribution in [0.15, 0.2) is 6.20 Å². The molecule has 0 aliphatic heterocycles. The average Bonchev–Trinajstić information content (AvgIpc) is 2.36. The third kappa shape index (κ3) is 2.21. The Kier molecular flexibility index (Phi) is 2.93. The molecule has 1 aromatic heterocycles. The topological polar surface area (TPSA) is 64.1 Å². The Morgan fingerprint density at radius 3 is 2.62 bits per heavy atom. The second-order valence-electron chi connectivity index (χ2n) is 3.68. The van der Waals surface area contributed by atoms with Crippen LogP contribution in [0.1, 0.15) is 19.5 Å². The van der Waals surface area contributed by atoms with Gasteiger partial charge in [-0.15, -0.1) is 0 Å². The Morgan fingerprint density at radius 2 is 2.23 bits per heavy atom. The van der Waals surface area contributed by atoms with Gasteiger partial charge in [0, 0.05) is 0 Å². The highest BCUT2D eigenvalue weighted by atomic mass is 16.3. The summed E-state index contributed by atoms with van der Waals surface area (Å²) in [6.45, 7) is 6.37. The molecular weight excluding hydrogens is 166 g/mol. The van der Waals surface area contributed by atoms with Crippen molar-refractivity contribution in [3.8, 4) is 0 Å². The number of aliphatic hydroxyl groups excluding tert-OH is 1. The smallest absolute Gasteiger partial charge is 0.0759 e. The van der Waals surface area contributed by atoms with Crippen LogP contribution in [0.25, 0.3) is 0 Å². The first kappa shape index (κ1) is 10.1. The number of hydrogen-bond acceptors (Lipinski definition) is 3. The Morgan fingerprint density at radius 1 is 1.62 bits per heavy atom. The van der Waals surface area contributed by atoms with Gasteiger partial charge in [-0.25, -0.2) is 0 Å². The highest BCUT2D eigenvalue weighted by molar-refractivity contribution is 5.39. The van der Waals surface area contributed by atoms with Gasteiger partial charge in [-0.2, -0.15) is 5.10 Å². The van der Waals surface area contributed by atoms with Crippen molar-refractivity contribution in [1.29, 1.82) is 0 Å². The Labute approximate surface area is 78.4 Å². The van der Waals surface area contributed by atoms with Gasteiger partial charge in [-0.3, -0.25) is 4.68 Å². The van der Waals surface area contributed by atoms with E-state index in [-0.39, 0.29) is 12.0 Å². The fourth-order valence-electron chi connectivity index (χ4n) is 1.03. The maximum Gasteiger partial charge on any atom is 0.0759 e. The predicted molar refractivity (Wildman–Crippen MR) is 52.2 cm³/mol. The molecule has 1 unspecified atom stereocenters. The van der Waals surface area contributed by atoms with Gasteiger partial charge >= 0.3 is 0 Å². The van der Waals surface area contributed by atoms with Gasteiger partial charge in [0.1, 0.15) is 0 Å². The number of rotatable bonds is 3. The average molecular weight is 183 g/mol. The van der Waals surface area contributed by atoms with Crippen molar-refractivity contribution >= 4 is 5.69 Å². The number of anilines is 1. The molecule has 0 saturated heterocycles. The molecule has 0 fully saturated rings. The summed E-state index contributed by atoms with van der Waals surface area (Å²) < 4.78 is 1.74. The molecule has 0 aliphatic carbocycles. The van der Waals surface area contributed by atoms with E-state index in [1.165, 1.54) is 0 Å². The molecule has 1 heterocycles. The first-order valence-electron chi connectivity index (χ1n) is 4.48. The summed E-state index contributed by atoms with van der Waals surface area (Å²) in [6.07, 6.45) is 1.25. The van der Waals surface area contributed by atoms with Crippen molar-refractivity contribution in [3.05, 3.63) is 11.9 Å². The zero-order valence-electron chi connectivity index (χ0n) is 8.36. The monoisotopic (exact) mass is 183 g/mol. The molecule has 0 saturated carbocycles. The lowest BCUT2D eigenvalue weighted by molar-refractivity contribution is 0.102. The number of nitrogen functional groups attached to an aromatic ring is 1. The summed E-state index contributed by atoms with van der Waals surface area (Å²) in [7, 11) is 0. The van der Waals surface area contributed by atoms with Crippen molar-refractivity contribution in [2.75, 3.05) is 5.73 Å². The highest BCUT2D eigenvalue weighted by Crippen LogP contribution is 2.11. The van der Waals surface area contributed by atoms with Crippen molar-refractivity contribution in [3.63, 3.8) is 0 Å². The molecule has 74 valence electrons. The summed E-state index contributed by atoms with van der Waals surface area (Å²) in [5.41, 5.74) is 7.22. The normalized spacial score (nSPS) is 13.6. The number of hydrogen-bond donors (Lipinski definition) is 2. The third-order valence-corrected chi connectivity index (χ3v) is 2.27. The SMILES string of the molecule is Cc1c(N)cnn1CC(O)C(C)C. The minimum Gasteiger partial charge on any atom is -0.396 e. The van der Waals surface area contributed by atoms with Crippen LogP contribution in [-0.2, 0) is 6.54 Å². The van der Waals surface area contributed by atoms with E-state index in [1.54, 1.807) is 10.9 Å². The van der Waals surface area contributed by atoms with E-state index in [1.807, 2.05) is 20.8 Å². The first-order valence-corrected chi connectivity index (χ1v) is 4.48. The minimum absolute atomic E-state index is 0.241. The quantitative estimate of drug-likeness (QED) is 0.728. The van der Waals surface area contributed by atoms with Crippen molar-refractivity contribution in [1.82, 2.24) is 9.78 Å². The van der Waals surface area contributed by atoms with Gasteiger partial charge in [-0.05, 0) is 12.8 Å². The predicted octanol–water partition coefficient (Wildman–Crippen LogP) is 0.791. The molecule has 1 atom stereocenters. The number of aromatic nitrogens is 2. The molecular formula is C9H17N3O. The third-order valence-electron chi connectivity index (χ3n) is 2.27. The highest BCUT2D eigenvalue weighted by Gasteiger charge is 2.12. The molecule has 13 heavy (non-hydrogen) atoms. The lowest BCUT2D eigenvalue weighted by atomic mass is 10.1. The molecule has 1 rings (SSSR count). The van der Waals surface area contributed by atoms with Crippen molar-refractivity contribution in [2.24, 2.45) is 5.92 Å². The number of nitrogens with zero attached hydrogens (tertiary/aromatic N) is 2. The van der Waals surface area contributed by atoms with Crippen LogP contribution in [-0.4, -0.2) is 21.0 Å². The Bertz CT molecular complexity index is 280. The van der Waals surface area contributed by atoms with E-state index in [2.05, 4.69) is 5.10 Å².